The average Bonchev–Trinajstić information content (AvgIpc) is 3.74. The molecule has 0 bridgehead atoms. The molecule has 6 rings (SSSR count). The molecular formula is C60H85Cl2SiZr. The fraction of sp³-hybridized carbons (Fsp3) is 0.533. The Bertz CT molecular complexity index is 2300. The Morgan fingerprint density at radius 3 is 0.938 bits per heavy atom. The first kappa shape index (κ1) is 51.4. The molecule has 2 unspecified atom stereocenters. The second kappa shape index (κ2) is 16.6. The van der Waals surface area contributed by atoms with Crippen molar-refractivity contribution in [1.29, 1.82) is 0 Å². The van der Waals surface area contributed by atoms with E-state index in [1.54, 1.807) is 0 Å². The molecule has 0 saturated carbocycles. The fourth-order valence-corrected chi connectivity index (χ4v) is 42.7. The third kappa shape index (κ3) is 9.05. The van der Waals surface area contributed by atoms with Crippen molar-refractivity contribution in [2.75, 3.05) is 0 Å². The van der Waals surface area contributed by atoms with Gasteiger partial charge in [0.15, 0.2) is 0 Å². The van der Waals surface area contributed by atoms with Gasteiger partial charge in [-0.2, -0.15) is 0 Å². The van der Waals surface area contributed by atoms with E-state index in [9.17, 15) is 0 Å². The number of rotatable bonds is 7. The van der Waals surface area contributed by atoms with E-state index in [0.29, 0.717) is 0 Å². The summed E-state index contributed by atoms with van der Waals surface area (Å²) in [5.74, 6) is -1.78. The van der Waals surface area contributed by atoms with Gasteiger partial charge in [0.2, 0.25) is 0 Å². The summed E-state index contributed by atoms with van der Waals surface area (Å²) >= 11 is -5.10. The Morgan fingerprint density at radius 2 is 0.719 bits per heavy atom. The molecule has 2 aliphatic rings. The van der Waals surface area contributed by atoms with Crippen LogP contribution in [0.3, 0.4) is 0 Å². The van der Waals surface area contributed by atoms with Gasteiger partial charge in [0.1, 0.15) is 0 Å². The van der Waals surface area contributed by atoms with Crippen LogP contribution >= 0.6 is 17.0 Å². The van der Waals surface area contributed by atoms with Crippen LogP contribution in [0.15, 0.2) is 71.8 Å². The predicted molar refractivity (Wildman–Crippen MR) is 289 cm³/mol. The van der Waals surface area contributed by atoms with Crippen LogP contribution in [0.2, 0.25) is 13.1 Å². The van der Waals surface area contributed by atoms with Gasteiger partial charge >= 0.3 is 405 Å². The molecule has 2 atom stereocenters. The van der Waals surface area contributed by atoms with Crippen LogP contribution < -0.4 is 0 Å². The monoisotopic (exact) mass is 993 g/mol. The zero-order chi connectivity index (χ0) is 48.3. The van der Waals surface area contributed by atoms with Crippen molar-refractivity contribution in [3.8, 4) is 22.3 Å². The van der Waals surface area contributed by atoms with E-state index >= 15 is 0 Å². The second-order valence-electron chi connectivity index (χ2n) is 26.5. The standard InChI is InChI=1S/2C29H39.C2H7Si.2ClH.Zr/c2*1-11-19-14-20-12-13-25(29(8,9)10)26(24(20)15-19)21-16-22(27(2,3)4)18-23(17-21)28(5,6)7;1-3-2;;;/h2*12-18H,11H2,1-10H3;3H,1-2H3;2*1H;/q;;;;;+2/p-2. The Morgan fingerprint density at radius 1 is 0.438 bits per heavy atom. The van der Waals surface area contributed by atoms with Crippen molar-refractivity contribution in [2.45, 2.75) is 204 Å². The summed E-state index contributed by atoms with van der Waals surface area (Å²) < 4.78 is 0.0656. The number of halogens is 2. The van der Waals surface area contributed by atoms with Crippen molar-refractivity contribution in [3.05, 3.63) is 127 Å². The van der Waals surface area contributed by atoms with E-state index in [0.717, 1.165) is 12.8 Å². The van der Waals surface area contributed by atoms with Gasteiger partial charge in [-0.25, -0.2) is 0 Å². The molecule has 64 heavy (non-hydrogen) atoms. The molecular weight excluding hydrogens is 911 g/mol. The Hall–Kier alpha value is -1.96. The normalized spacial score (nSPS) is 18.2. The first-order valence-electron chi connectivity index (χ1n) is 24.6. The van der Waals surface area contributed by atoms with Crippen LogP contribution in [-0.4, -0.2) is 5.92 Å². The molecule has 0 nitrogen and oxygen atoms in total. The molecule has 2 aliphatic carbocycles. The predicted octanol–water partition coefficient (Wildman–Crippen LogP) is 19.2. The summed E-state index contributed by atoms with van der Waals surface area (Å²) in [5, 5.41) is 0. The summed E-state index contributed by atoms with van der Waals surface area (Å²) in [6, 6.07) is 24.8. The van der Waals surface area contributed by atoms with E-state index in [2.05, 4.69) is 224 Å². The molecule has 0 saturated heterocycles. The van der Waals surface area contributed by atoms with Gasteiger partial charge in [0.05, 0.1) is 0 Å². The van der Waals surface area contributed by atoms with E-state index < -0.39 is 21.5 Å². The van der Waals surface area contributed by atoms with E-state index in [1.165, 1.54) is 89.0 Å². The van der Waals surface area contributed by atoms with Crippen molar-refractivity contribution < 1.29 is 15.6 Å². The zero-order valence-corrected chi connectivity index (χ0v) is 49.5. The number of hydrogen-bond acceptors (Lipinski definition) is 0. The molecule has 0 amide bonds. The summed E-state index contributed by atoms with van der Waals surface area (Å²) in [6.45, 7) is 52.2. The van der Waals surface area contributed by atoms with Crippen molar-refractivity contribution in [1.82, 2.24) is 0 Å². The van der Waals surface area contributed by atoms with Crippen LogP contribution in [0.25, 0.3) is 34.4 Å². The number of hydrogen-bond donors (Lipinski definition) is 0. The molecule has 347 valence electrons. The van der Waals surface area contributed by atoms with Crippen molar-refractivity contribution >= 4 is 35.1 Å². The Labute approximate surface area is 401 Å². The first-order chi connectivity index (χ1) is 29.0. The molecule has 4 aromatic carbocycles. The van der Waals surface area contributed by atoms with Gasteiger partial charge in [0, 0.05) is 0 Å². The Balaban J connectivity index is 1.71. The van der Waals surface area contributed by atoms with Gasteiger partial charge in [-0.3, -0.25) is 0 Å². The van der Waals surface area contributed by atoms with E-state index in [4.69, 9.17) is 17.0 Å². The summed E-state index contributed by atoms with van der Waals surface area (Å²) in [4.78, 5) is 0. The molecule has 0 N–H and O–H groups in total. The van der Waals surface area contributed by atoms with Gasteiger partial charge < -0.3 is 0 Å². The molecule has 0 spiro atoms. The summed E-state index contributed by atoms with van der Waals surface area (Å²) in [7, 11) is 18.2. The van der Waals surface area contributed by atoms with Gasteiger partial charge in [0.25, 0.3) is 0 Å². The third-order valence-electron chi connectivity index (χ3n) is 15.1. The molecule has 0 heterocycles. The van der Waals surface area contributed by atoms with E-state index in [-0.39, 0.29) is 39.7 Å². The van der Waals surface area contributed by atoms with Gasteiger partial charge in [-0.05, 0) is 0 Å². The number of benzene rings is 4. The molecule has 4 heteroatoms. The second-order valence-corrected chi connectivity index (χ2v) is 69.0. The van der Waals surface area contributed by atoms with Crippen molar-refractivity contribution in [3.63, 3.8) is 0 Å². The molecule has 0 aromatic heterocycles. The fourth-order valence-electron chi connectivity index (χ4n) is 10.9. The topological polar surface area (TPSA) is 0 Å². The quantitative estimate of drug-likeness (QED) is 0.162. The number of allylic oxidation sites excluding steroid dienone is 2. The average molecular weight is 997 g/mol. The minimum atomic E-state index is -5.10. The molecule has 4 aromatic rings. The van der Waals surface area contributed by atoms with Crippen LogP contribution in [0.4, 0.5) is 0 Å². The van der Waals surface area contributed by atoms with Crippen LogP contribution in [-0.2, 0) is 48.0 Å². The van der Waals surface area contributed by atoms with Crippen molar-refractivity contribution in [2.24, 2.45) is 0 Å². The molecule has 0 aliphatic heterocycles. The molecule has 0 radical (unpaired) electrons. The number of fused-ring (bicyclic) bond motifs is 2. The van der Waals surface area contributed by atoms with E-state index in [1.807, 2.05) is 0 Å². The maximum atomic E-state index is 9.10. The Kier molecular flexibility index (Phi) is 13.4. The molecule has 0 fully saturated rings. The summed E-state index contributed by atoms with van der Waals surface area (Å²) in [6.07, 6.45) is 7.01. The maximum absolute atomic E-state index is 9.10. The van der Waals surface area contributed by atoms with Crippen LogP contribution in [0.5, 0.6) is 0 Å². The SMILES string of the molecule is CCC1=Cc2c(ccc(C(C)(C)C)c2-c2cc(C(C)(C)C)cc(C(C)(C)C)c2)[CH]1[Zr]([Cl])([Cl])([CH]1C(CC)=Cc2c1ccc(C(C)(C)C)c2-c1cc(C(C)(C)C)cc(C(C)(C)C)c1)[SiH](C)C. The third-order valence-corrected chi connectivity index (χ3v) is 67.0. The van der Waals surface area contributed by atoms with Gasteiger partial charge in [-0.15, -0.1) is 0 Å². The summed E-state index contributed by atoms with van der Waals surface area (Å²) in [5.41, 5.74) is 21.9. The van der Waals surface area contributed by atoms with Crippen LogP contribution in [0, 0.1) is 0 Å². The minimum absolute atomic E-state index is 0.000810. The van der Waals surface area contributed by atoms with Crippen LogP contribution in [0.1, 0.15) is 214 Å². The zero-order valence-electron chi connectivity index (χ0n) is 44.3. The van der Waals surface area contributed by atoms with Gasteiger partial charge in [-0.1, -0.05) is 0 Å². The first-order valence-corrected chi connectivity index (χ1v) is 40.9.